The highest BCUT2D eigenvalue weighted by molar-refractivity contribution is 7.09. The first-order valence-corrected chi connectivity index (χ1v) is 8.12. The number of rotatable bonds is 6. The molecule has 1 aromatic rings. The van der Waals surface area contributed by atoms with Crippen LogP contribution in [0.25, 0.3) is 0 Å². The summed E-state index contributed by atoms with van der Waals surface area (Å²) in [5.41, 5.74) is 6.46. The van der Waals surface area contributed by atoms with E-state index in [-0.39, 0.29) is 5.54 Å². The first kappa shape index (κ1) is 14.0. The Kier molecular flexibility index (Phi) is 4.82. The summed E-state index contributed by atoms with van der Waals surface area (Å²) in [5.74, 6) is 0.780. The third-order valence-electron chi connectivity index (χ3n) is 4.71. The van der Waals surface area contributed by atoms with Gasteiger partial charge in [0.15, 0.2) is 0 Å². The fraction of sp³-hybridized carbons (Fsp3) is 0.733. The van der Waals surface area contributed by atoms with Crippen molar-refractivity contribution in [2.45, 2.75) is 51.6 Å². The second kappa shape index (κ2) is 6.18. The van der Waals surface area contributed by atoms with Crippen molar-refractivity contribution in [1.29, 1.82) is 0 Å². The molecule has 2 N–H and O–H groups in total. The molecule has 2 nitrogen and oxygen atoms in total. The minimum Gasteiger partial charge on any atom is -0.329 e. The third-order valence-corrected chi connectivity index (χ3v) is 5.57. The van der Waals surface area contributed by atoms with Crippen LogP contribution in [-0.4, -0.2) is 23.5 Å². The van der Waals surface area contributed by atoms with Crippen molar-refractivity contribution in [1.82, 2.24) is 4.90 Å². The molecule has 0 spiro atoms. The van der Waals surface area contributed by atoms with Gasteiger partial charge in [-0.3, -0.25) is 4.90 Å². The number of likely N-dealkylation sites (N-methyl/N-ethyl adjacent to an activating group) is 1. The van der Waals surface area contributed by atoms with E-state index in [0.29, 0.717) is 0 Å². The summed E-state index contributed by atoms with van der Waals surface area (Å²) in [6.45, 7) is 7.58. The number of thiophene rings is 1. The summed E-state index contributed by atoms with van der Waals surface area (Å²) < 4.78 is 0. The summed E-state index contributed by atoms with van der Waals surface area (Å²) in [6.07, 6.45) is 5.24. The van der Waals surface area contributed by atoms with Crippen LogP contribution in [0, 0.1) is 5.92 Å². The maximum Gasteiger partial charge on any atom is 0.0363 e. The molecular weight excluding hydrogens is 240 g/mol. The van der Waals surface area contributed by atoms with Crippen LogP contribution in [0.15, 0.2) is 17.5 Å². The van der Waals surface area contributed by atoms with Gasteiger partial charge >= 0.3 is 0 Å². The molecule has 1 aliphatic carbocycles. The van der Waals surface area contributed by atoms with Gasteiger partial charge in [0.1, 0.15) is 0 Å². The maximum atomic E-state index is 6.20. The summed E-state index contributed by atoms with van der Waals surface area (Å²) in [6, 6.07) is 4.39. The molecule has 1 aromatic heterocycles. The quantitative estimate of drug-likeness (QED) is 0.854. The lowest BCUT2D eigenvalue weighted by Gasteiger charge is -2.44. The zero-order chi connectivity index (χ0) is 13.0. The Morgan fingerprint density at radius 3 is 2.89 bits per heavy atom. The lowest BCUT2D eigenvalue weighted by Crippen LogP contribution is -2.55. The van der Waals surface area contributed by atoms with Gasteiger partial charge in [0, 0.05) is 23.5 Å². The van der Waals surface area contributed by atoms with E-state index >= 15 is 0 Å². The average Bonchev–Trinajstić information content (AvgIpc) is 3.05. The van der Waals surface area contributed by atoms with Crippen molar-refractivity contribution < 1.29 is 0 Å². The van der Waals surface area contributed by atoms with Gasteiger partial charge < -0.3 is 5.73 Å². The van der Waals surface area contributed by atoms with Crippen molar-refractivity contribution in [3.8, 4) is 0 Å². The molecule has 0 amide bonds. The summed E-state index contributed by atoms with van der Waals surface area (Å²) >= 11 is 1.86. The van der Waals surface area contributed by atoms with Gasteiger partial charge in [0.25, 0.3) is 0 Å². The van der Waals surface area contributed by atoms with Gasteiger partial charge in [-0.15, -0.1) is 11.3 Å². The van der Waals surface area contributed by atoms with Gasteiger partial charge in [0.2, 0.25) is 0 Å². The molecular formula is C15H26N2S. The zero-order valence-electron chi connectivity index (χ0n) is 11.7. The van der Waals surface area contributed by atoms with Crippen LogP contribution in [0.5, 0.6) is 0 Å². The summed E-state index contributed by atoms with van der Waals surface area (Å²) in [5, 5.41) is 2.17. The van der Waals surface area contributed by atoms with E-state index in [1.54, 1.807) is 0 Å². The van der Waals surface area contributed by atoms with Gasteiger partial charge in [-0.2, -0.15) is 0 Å². The first-order valence-electron chi connectivity index (χ1n) is 7.24. The van der Waals surface area contributed by atoms with Gasteiger partial charge in [0.05, 0.1) is 0 Å². The number of hydrogen-bond acceptors (Lipinski definition) is 3. The van der Waals surface area contributed by atoms with Crippen LogP contribution in [-0.2, 0) is 6.54 Å². The van der Waals surface area contributed by atoms with Gasteiger partial charge in [-0.1, -0.05) is 32.8 Å². The zero-order valence-corrected chi connectivity index (χ0v) is 12.5. The lowest BCUT2D eigenvalue weighted by atomic mass is 9.83. The molecule has 2 rings (SSSR count). The lowest BCUT2D eigenvalue weighted by molar-refractivity contribution is 0.0540. The van der Waals surface area contributed by atoms with Crippen molar-refractivity contribution in [3.63, 3.8) is 0 Å². The molecule has 0 aromatic carbocycles. The van der Waals surface area contributed by atoms with Gasteiger partial charge in [-0.05, 0) is 36.8 Å². The SMILES string of the molecule is CCC1CCCC1(CN)N(CC)Cc1cccs1. The number of nitrogens with two attached hydrogens (primary N) is 1. The topological polar surface area (TPSA) is 29.3 Å². The van der Waals surface area contributed by atoms with Crippen LogP contribution in [0.2, 0.25) is 0 Å². The number of hydrogen-bond donors (Lipinski definition) is 1. The predicted octanol–water partition coefficient (Wildman–Crippen LogP) is 3.48. The van der Waals surface area contributed by atoms with E-state index in [4.69, 9.17) is 5.73 Å². The highest BCUT2D eigenvalue weighted by Gasteiger charge is 2.44. The van der Waals surface area contributed by atoms with E-state index in [2.05, 4.69) is 36.3 Å². The molecule has 2 unspecified atom stereocenters. The second-order valence-electron chi connectivity index (χ2n) is 5.40. The molecule has 1 aliphatic rings. The molecule has 0 saturated heterocycles. The highest BCUT2D eigenvalue weighted by atomic mass is 32.1. The van der Waals surface area contributed by atoms with E-state index in [0.717, 1.165) is 25.6 Å². The molecule has 18 heavy (non-hydrogen) atoms. The largest absolute Gasteiger partial charge is 0.329 e. The second-order valence-corrected chi connectivity index (χ2v) is 6.43. The van der Waals surface area contributed by atoms with Crippen LogP contribution in [0.4, 0.5) is 0 Å². The van der Waals surface area contributed by atoms with Crippen LogP contribution >= 0.6 is 11.3 Å². The van der Waals surface area contributed by atoms with Crippen molar-refractivity contribution in [2.24, 2.45) is 11.7 Å². The van der Waals surface area contributed by atoms with Crippen LogP contribution in [0.1, 0.15) is 44.4 Å². The normalized spacial score (nSPS) is 28.1. The third kappa shape index (κ3) is 2.49. The fourth-order valence-corrected chi connectivity index (χ4v) is 4.42. The molecule has 102 valence electrons. The molecule has 1 heterocycles. The van der Waals surface area contributed by atoms with Crippen molar-refractivity contribution in [2.75, 3.05) is 13.1 Å². The Morgan fingerprint density at radius 1 is 1.50 bits per heavy atom. The highest BCUT2D eigenvalue weighted by Crippen LogP contribution is 2.42. The molecule has 0 aliphatic heterocycles. The Bertz CT molecular complexity index is 349. The molecule has 1 fully saturated rings. The molecule has 0 bridgehead atoms. The average molecular weight is 266 g/mol. The van der Waals surface area contributed by atoms with E-state index in [1.807, 2.05) is 11.3 Å². The molecule has 0 radical (unpaired) electrons. The molecule has 2 atom stereocenters. The van der Waals surface area contributed by atoms with Crippen molar-refractivity contribution in [3.05, 3.63) is 22.4 Å². The minimum atomic E-state index is 0.257. The van der Waals surface area contributed by atoms with E-state index in [1.165, 1.54) is 30.6 Å². The van der Waals surface area contributed by atoms with Crippen LogP contribution < -0.4 is 5.73 Å². The Hall–Kier alpha value is -0.380. The molecule has 1 saturated carbocycles. The summed E-state index contributed by atoms with van der Waals surface area (Å²) in [4.78, 5) is 4.10. The maximum absolute atomic E-state index is 6.20. The smallest absolute Gasteiger partial charge is 0.0363 e. The predicted molar refractivity (Wildman–Crippen MR) is 79.8 cm³/mol. The van der Waals surface area contributed by atoms with Crippen LogP contribution in [0.3, 0.4) is 0 Å². The Morgan fingerprint density at radius 2 is 2.33 bits per heavy atom. The minimum absolute atomic E-state index is 0.257. The van der Waals surface area contributed by atoms with Crippen molar-refractivity contribution >= 4 is 11.3 Å². The monoisotopic (exact) mass is 266 g/mol. The van der Waals surface area contributed by atoms with Gasteiger partial charge in [-0.25, -0.2) is 0 Å². The van der Waals surface area contributed by atoms with E-state index in [9.17, 15) is 0 Å². The number of nitrogens with zero attached hydrogens (tertiary/aromatic N) is 1. The first-order chi connectivity index (χ1) is 8.76. The van der Waals surface area contributed by atoms with E-state index < -0.39 is 0 Å². The summed E-state index contributed by atoms with van der Waals surface area (Å²) in [7, 11) is 0. The Labute approximate surface area is 115 Å². The Balaban J connectivity index is 2.17. The molecule has 3 heteroatoms. The fourth-order valence-electron chi connectivity index (χ4n) is 3.70. The standard InChI is InChI=1S/C15H26N2S/c1-3-13-7-5-9-15(13,12-16)17(4-2)11-14-8-6-10-18-14/h6,8,10,13H,3-5,7,9,11-12,16H2,1-2H3.